The lowest BCUT2D eigenvalue weighted by Crippen LogP contribution is -2.29. The lowest BCUT2D eigenvalue weighted by atomic mass is 10.1. The predicted molar refractivity (Wildman–Crippen MR) is 145 cm³/mol. The van der Waals surface area contributed by atoms with Crippen molar-refractivity contribution in [1.82, 2.24) is 14.9 Å². The van der Waals surface area contributed by atoms with Crippen LogP contribution in [0.4, 0.5) is 0 Å². The van der Waals surface area contributed by atoms with E-state index in [0.29, 0.717) is 6.54 Å². The van der Waals surface area contributed by atoms with Gasteiger partial charge in [-0.2, -0.15) is 0 Å². The van der Waals surface area contributed by atoms with E-state index in [0.717, 1.165) is 64.9 Å². The SMILES string of the molecule is Cc1ccc(C)c(OCC(=O)NCCCCCc2nc3ccccc3n2Cc2ccc(Br)cc2)c1. The van der Waals surface area contributed by atoms with Crippen LogP contribution in [0.25, 0.3) is 11.0 Å². The van der Waals surface area contributed by atoms with Crippen LogP contribution in [-0.2, 0) is 17.8 Å². The van der Waals surface area contributed by atoms with Gasteiger partial charge in [-0.15, -0.1) is 0 Å². The van der Waals surface area contributed by atoms with E-state index in [2.05, 4.69) is 68.3 Å². The molecule has 4 aromatic rings. The third-order valence-corrected chi connectivity index (χ3v) is 6.62. The minimum atomic E-state index is -0.0813. The van der Waals surface area contributed by atoms with E-state index < -0.39 is 0 Å². The molecule has 35 heavy (non-hydrogen) atoms. The van der Waals surface area contributed by atoms with Crippen LogP contribution in [0.3, 0.4) is 0 Å². The zero-order valence-corrected chi connectivity index (χ0v) is 22.0. The maximum absolute atomic E-state index is 12.2. The van der Waals surface area contributed by atoms with Gasteiger partial charge in [0.2, 0.25) is 0 Å². The highest BCUT2D eigenvalue weighted by Gasteiger charge is 2.11. The second-order valence-electron chi connectivity index (χ2n) is 8.95. The van der Waals surface area contributed by atoms with Gasteiger partial charge in [0.05, 0.1) is 11.0 Å². The first kappa shape index (κ1) is 25.0. The fourth-order valence-electron chi connectivity index (χ4n) is 4.13. The van der Waals surface area contributed by atoms with Gasteiger partial charge in [0.15, 0.2) is 6.61 Å². The summed E-state index contributed by atoms with van der Waals surface area (Å²) in [7, 11) is 0. The number of hydrogen-bond acceptors (Lipinski definition) is 3. The van der Waals surface area contributed by atoms with E-state index >= 15 is 0 Å². The van der Waals surface area contributed by atoms with Crippen molar-refractivity contribution in [2.75, 3.05) is 13.2 Å². The highest BCUT2D eigenvalue weighted by molar-refractivity contribution is 9.10. The van der Waals surface area contributed by atoms with Crippen LogP contribution in [0.1, 0.15) is 41.8 Å². The molecule has 4 rings (SSSR count). The van der Waals surface area contributed by atoms with Crippen LogP contribution in [-0.4, -0.2) is 28.6 Å². The Balaban J connectivity index is 1.24. The van der Waals surface area contributed by atoms with Gasteiger partial charge in [-0.1, -0.05) is 58.7 Å². The van der Waals surface area contributed by atoms with Crippen LogP contribution in [0, 0.1) is 13.8 Å². The molecule has 0 saturated carbocycles. The maximum atomic E-state index is 12.2. The molecule has 0 aliphatic carbocycles. The molecule has 182 valence electrons. The molecule has 0 unspecified atom stereocenters. The number of nitrogens with zero attached hydrogens (tertiary/aromatic N) is 2. The maximum Gasteiger partial charge on any atom is 0.257 e. The number of halogens is 1. The molecule has 1 aromatic heterocycles. The summed E-state index contributed by atoms with van der Waals surface area (Å²) in [6.45, 7) is 5.51. The quantitative estimate of drug-likeness (QED) is 0.228. The minimum absolute atomic E-state index is 0.0460. The molecule has 0 saturated heterocycles. The topological polar surface area (TPSA) is 56.1 Å². The number of hydrogen-bond donors (Lipinski definition) is 1. The van der Waals surface area contributed by atoms with Crippen LogP contribution in [0.5, 0.6) is 5.75 Å². The van der Waals surface area contributed by atoms with Crippen LogP contribution >= 0.6 is 15.9 Å². The number of nitrogens with one attached hydrogen (secondary N) is 1. The molecular formula is C29H32BrN3O2. The van der Waals surface area contributed by atoms with Crippen LogP contribution in [0.15, 0.2) is 71.2 Å². The second-order valence-corrected chi connectivity index (χ2v) is 9.86. The third-order valence-electron chi connectivity index (χ3n) is 6.09. The van der Waals surface area contributed by atoms with Crippen molar-refractivity contribution in [2.24, 2.45) is 0 Å². The van der Waals surface area contributed by atoms with Gasteiger partial charge in [0.1, 0.15) is 11.6 Å². The second kappa shape index (κ2) is 12.0. The summed E-state index contributed by atoms with van der Waals surface area (Å²) in [5, 5.41) is 2.97. The Bertz CT molecular complexity index is 1280. The zero-order valence-electron chi connectivity index (χ0n) is 20.4. The smallest absolute Gasteiger partial charge is 0.257 e. The van der Waals surface area contributed by atoms with E-state index in [1.165, 1.54) is 11.1 Å². The largest absolute Gasteiger partial charge is 0.483 e. The Kier molecular flexibility index (Phi) is 8.59. The first-order valence-corrected chi connectivity index (χ1v) is 12.9. The highest BCUT2D eigenvalue weighted by Crippen LogP contribution is 2.21. The number of carbonyl (C=O) groups is 1. The summed E-state index contributed by atoms with van der Waals surface area (Å²) in [5.74, 6) is 1.80. The fraction of sp³-hybridized carbons (Fsp3) is 0.310. The van der Waals surface area contributed by atoms with Gasteiger partial charge in [0, 0.05) is 24.0 Å². The van der Waals surface area contributed by atoms with E-state index in [1.807, 2.05) is 38.1 Å². The van der Waals surface area contributed by atoms with Gasteiger partial charge in [0.25, 0.3) is 5.91 Å². The number of aromatic nitrogens is 2. The van der Waals surface area contributed by atoms with Crippen molar-refractivity contribution in [3.8, 4) is 5.75 Å². The summed E-state index contributed by atoms with van der Waals surface area (Å²) < 4.78 is 9.10. The molecule has 5 nitrogen and oxygen atoms in total. The Morgan fingerprint density at radius 2 is 1.80 bits per heavy atom. The molecule has 0 aliphatic heterocycles. The van der Waals surface area contributed by atoms with Crippen molar-refractivity contribution in [3.63, 3.8) is 0 Å². The molecule has 0 spiro atoms. The number of unbranched alkanes of at least 4 members (excludes halogenated alkanes) is 2. The zero-order chi connectivity index (χ0) is 24.6. The predicted octanol–water partition coefficient (Wildman–Crippen LogP) is 6.37. The third kappa shape index (κ3) is 6.95. The lowest BCUT2D eigenvalue weighted by Gasteiger charge is -2.11. The number of fused-ring (bicyclic) bond motifs is 1. The number of carbonyl (C=O) groups excluding carboxylic acids is 1. The molecule has 1 heterocycles. The lowest BCUT2D eigenvalue weighted by molar-refractivity contribution is -0.123. The molecule has 1 N–H and O–H groups in total. The Hall–Kier alpha value is -3.12. The molecule has 0 fully saturated rings. The first-order chi connectivity index (χ1) is 17.0. The van der Waals surface area contributed by atoms with E-state index in [4.69, 9.17) is 9.72 Å². The number of amides is 1. The van der Waals surface area contributed by atoms with Gasteiger partial charge in [-0.3, -0.25) is 4.79 Å². The van der Waals surface area contributed by atoms with Crippen LogP contribution in [0.2, 0.25) is 0 Å². The summed E-state index contributed by atoms with van der Waals surface area (Å²) in [6.07, 6.45) is 3.90. The molecule has 0 atom stereocenters. The van der Waals surface area contributed by atoms with Crippen molar-refractivity contribution in [1.29, 1.82) is 0 Å². The summed E-state index contributed by atoms with van der Waals surface area (Å²) in [5.41, 5.74) is 5.62. The first-order valence-electron chi connectivity index (χ1n) is 12.1. The Morgan fingerprint density at radius 1 is 1.00 bits per heavy atom. The van der Waals surface area contributed by atoms with E-state index in [9.17, 15) is 4.79 Å². The Morgan fingerprint density at radius 3 is 2.63 bits per heavy atom. The number of benzene rings is 3. The van der Waals surface area contributed by atoms with Gasteiger partial charge < -0.3 is 14.6 Å². The molecule has 6 heteroatoms. The van der Waals surface area contributed by atoms with Gasteiger partial charge >= 0.3 is 0 Å². The Labute approximate surface area is 215 Å². The standard InChI is InChI=1S/C29H32BrN3O2/c1-21-11-12-22(2)27(18-21)35-20-29(34)31-17-7-3-4-10-28-32-25-8-5-6-9-26(25)33(28)19-23-13-15-24(30)16-14-23/h5-6,8-9,11-16,18H,3-4,7,10,17,19-20H2,1-2H3,(H,31,34). The van der Waals surface area contributed by atoms with Crippen molar-refractivity contribution < 1.29 is 9.53 Å². The number of para-hydroxylation sites is 2. The summed E-state index contributed by atoms with van der Waals surface area (Å²) in [4.78, 5) is 17.1. The summed E-state index contributed by atoms with van der Waals surface area (Å²) >= 11 is 3.51. The number of imidazole rings is 1. The average Bonchev–Trinajstić information content (AvgIpc) is 3.20. The normalized spacial score (nSPS) is 11.1. The number of rotatable bonds is 11. The minimum Gasteiger partial charge on any atom is -0.483 e. The van der Waals surface area contributed by atoms with Crippen molar-refractivity contribution >= 4 is 32.9 Å². The number of aryl methyl sites for hydroxylation is 3. The molecular weight excluding hydrogens is 502 g/mol. The number of ether oxygens (including phenoxy) is 1. The molecule has 0 radical (unpaired) electrons. The van der Waals surface area contributed by atoms with Crippen molar-refractivity contribution in [3.05, 3.63) is 93.7 Å². The molecule has 3 aromatic carbocycles. The van der Waals surface area contributed by atoms with E-state index in [1.54, 1.807) is 0 Å². The van der Waals surface area contributed by atoms with E-state index in [-0.39, 0.29) is 12.5 Å². The van der Waals surface area contributed by atoms with Gasteiger partial charge in [-0.25, -0.2) is 4.98 Å². The average molecular weight is 534 g/mol. The summed E-state index contributed by atoms with van der Waals surface area (Å²) in [6, 6.07) is 22.8. The molecule has 0 bridgehead atoms. The molecule has 1 amide bonds. The molecule has 0 aliphatic rings. The van der Waals surface area contributed by atoms with Gasteiger partial charge in [-0.05, 0) is 73.7 Å². The highest BCUT2D eigenvalue weighted by atomic mass is 79.9. The monoisotopic (exact) mass is 533 g/mol. The van der Waals surface area contributed by atoms with Crippen LogP contribution < -0.4 is 10.1 Å². The van der Waals surface area contributed by atoms with Crippen molar-refractivity contribution in [2.45, 2.75) is 46.1 Å². The fourth-order valence-corrected chi connectivity index (χ4v) is 4.40.